The van der Waals surface area contributed by atoms with Crippen LogP contribution in [0.1, 0.15) is 23.2 Å². The van der Waals surface area contributed by atoms with Crippen LogP contribution in [-0.2, 0) is 9.53 Å². The fourth-order valence-corrected chi connectivity index (χ4v) is 4.93. The molecule has 2 aromatic rings. The Labute approximate surface area is 169 Å². The van der Waals surface area contributed by atoms with Crippen LogP contribution in [0.4, 0.5) is 0 Å². The van der Waals surface area contributed by atoms with Crippen molar-refractivity contribution in [3.63, 3.8) is 0 Å². The van der Waals surface area contributed by atoms with Gasteiger partial charge in [-0.3, -0.25) is 19.6 Å². The van der Waals surface area contributed by atoms with Crippen molar-refractivity contribution in [2.75, 3.05) is 59.0 Å². The first-order chi connectivity index (χ1) is 14.2. The van der Waals surface area contributed by atoms with Gasteiger partial charge in [0.1, 0.15) is 0 Å². The number of likely N-dealkylation sites (tertiary alicyclic amines) is 2. The second-order valence-electron chi connectivity index (χ2n) is 8.39. The molecule has 3 aliphatic rings. The van der Waals surface area contributed by atoms with Gasteiger partial charge in [0.15, 0.2) is 0 Å². The van der Waals surface area contributed by atoms with Gasteiger partial charge in [-0.15, -0.1) is 0 Å². The van der Waals surface area contributed by atoms with Crippen LogP contribution < -0.4 is 0 Å². The summed E-state index contributed by atoms with van der Waals surface area (Å²) < 4.78 is 5.40. The first-order valence-corrected chi connectivity index (χ1v) is 10.5. The zero-order valence-corrected chi connectivity index (χ0v) is 16.6. The van der Waals surface area contributed by atoms with Crippen molar-refractivity contribution >= 4 is 22.7 Å². The molecule has 1 spiro atoms. The second-order valence-corrected chi connectivity index (χ2v) is 8.39. The quantitative estimate of drug-likeness (QED) is 0.831. The summed E-state index contributed by atoms with van der Waals surface area (Å²) in [4.78, 5) is 32.6. The van der Waals surface area contributed by atoms with E-state index in [9.17, 15) is 9.59 Å². The molecule has 3 saturated heterocycles. The van der Waals surface area contributed by atoms with Gasteiger partial charge >= 0.3 is 0 Å². The van der Waals surface area contributed by atoms with Crippen molar-refractivity contribution in [1.82, 2.24) is 24.9 Å². The molecular weight excluding hydrogens is 370 g/mol. The maximum Gasteiger partial charge on any atom is 0.256 e. The van der Waals surface area contributed by atoms with Gasteiger partial charge in [0.05, 0.1) is 35.9 Å². The minimum atomic E-state index is -0.400. The Hall–Kier alpha value is -2.45. The molecule has 1 atom stereocenters. The number of morpholine rings is 1. The summed E-state index contributed by atoms with van der Waals surface area (Å²) in [5.74, 6) is 0.206. The van der Waals surface area contributed by atoms with Crippen LogP contribution in [-0.4, -0.2) is 95.7 Å². The highest BCUT2D eigenvalue weighted by atomic mass is 16.5. The predicted octanol–water partition coefficient (Wildman–Crippen LogP) is 0.960. The number of hydrogen-bond donors (Lipinski definition) is 1. The van der Waals surface area contributed by atoms with Crippen molar-refractivity contribution in [2.45, 2.75) is 12.8 Å². The summed E-state index contributed by atoms with van der Waals surface area (Å²) in [5, 5.41) is 7.91. The van der Waals surface area contributed by atoms with Gasteiger partial charge in [-0.25, -0.2) is 0 Å². The number of ether oxygens (including phenoxy) is 1. The van der Waals surface area contributed by atoms with E-state index in [1.807, 2.05) is 28.0 Å². The summed E-state index contributed by atoms with van der Waals surface area (Å²) in [5.41, 5.74) is 0.998. The molecule has 0 aliphatic carbocycles. The Kier molecular flexibility index (Phi) is 4.75. The van der Waals surface area contributed by atoms with E-state index in [-0.39, 0.29) is 11.8 Å². The molecule has 1 aromatic heterocycles. The second kappa shape index (κ2) is 7.42. The molecule has 1 unspecified atom stereocenters. The maximum absolute atomic E-state index is 13.2. The molecule has 2 amide bonds. The van der Waals surface area contributed by atoms with Crippen LogP contribution in [0, 0.1) is 5.41 Å². The SMILES string of the molecule is O=C(c1cccc2cn[nH]c12)N1CCC2(CCN(CCN3CCOCC3)C2=O)C1. The van der Waals surface area contributed by atoms with Gasteiger partial charge < -0.3 is 14.5 Å². The normalized spacial score (nSPS) is 25.6. The Morgan fingerprint density at radius 3 is 2.83 bits per heavy atom. The van der Waals surface area contributed by atoms with Crippen molar-refractivity contribution in [3.05, 3.63) is 30.0 Å². The molecule has 0 bridgehead atoms. The third-order valence-electron chi connectivity index (χ3n) is 6.74. The van der Waals surface area contributed by atoms with Crippen LogP contribution in [0.25, 0.3) is 10.9 Å². The Morgan fingerprint density at radius 2 is 1.97 bits per heavy atom. The van der Waals surface area contributed by atoms with Gasteiger partial charge in [-0.2, -0.15) is 5.10 Å². The average molecular weight is 397 g/mol. The number of hydrogen-bond acceptors (Lipinski definition) is 5. The number of nitrogens with zero attached hydrogens (tertiary/aromatic N) is 4. The fraction of sp³-hybridized carbons (Fsp3) is 0.571. The van der Waals surface area contributed by atoms with E-state index in [1.54, 1.807) is 6.20 Å². The third kappa shape index (κ3) is 3.30. The zero-order chi connectivity index (χ0) is 19.8. The van der Waals surface area contributed by atoms with Crippen LogP contribution in [0.3, 0.4) is 0 Å². The lowest BCUT2D eigenvalue weighted by Gasteiger charge is -2.29. The molecule has 8 nitrogen and oxygen atoms in total. The number of carbonyl (C=O) groups is 2. The van der Waals surface area contributed by atoms with E-state index >= 15 is 0 Å². The highest BCUT2D eigenvalue weighted by molar-refractivity contribution is 6.05. The standard InChI is InChI=1S/C21H27N5O3/c27-19(17-3-1-2-16-14-22-23-18(16)17)26-7-5-21(15-26)4-6-25(20(21)28)9-8-24-10-12-29-13-11-24/h1-3,14H,4-13,15H2,(H,22,23). The fourth-order valence-electron chi connectivity index (χ4n) is 4.93. The molecule has 0 radical (unpaired) electrons. The number of rotatable bonds is 4. The molecule has 4 heterocycles. The van der Waals surface area contributed by atoms with Crippen LogP contribution in [0.15, 0.2) is 24.4 Å². The molecular formula is C21H27N5O3. The molecule has 3 fully saturated rings. The number of para-hydroxylation sites is 1. The lowest BCUT2D eigenvalue weighted by molar-refractivity contribution is -0.135. The Balaban J connectivity index is 1.24. The van der Waals surface area contributed by atoms with E-state index in [0.29, 0.717) is 18.7 Å². The molecule has 1 aromatic carbocycles. The van der Waals surface area contributed by atoms with Crippen molar-refractivity contribution in [3.8, 4) is 0 Å². The number of nitrogens with one attached hydrogen (secondary N) is 1. The number of carbonyl (C=O) groups excluding carboxylic acids is 2. The first-order valence-electron chi connectivity index (χ1n) is 10.5. The van der Waals surface area contributed by atoms with Crippen molar-refractivity contribution < 1.29 is 14.3 Å². The van der Waals surface area contributed by atoms with E-state index < -0.39 is 5.41 Å². The lowest BCUT2D eigenvalue weighted by atomic mass is 9.85. The van der Waals surface area contributed by atoms with E-state index in [0.717, 1.165) is 69.7 Å². The number of H-pyrrole nitrogens is 1. The number of benzene rings is 1. The summed E-state index contributed by atoms with van der Waals surface area (Å²) >= 11 is 0. The highest BCUT2D eigenvalue weighted by Gasteiger charge is 2.51. The largest absolute Gasteiger partial charge is 0.379 e. The third-order valence-corrected chi connectivity index (χ3v) is 6.74. The van der Waals surface area contributed by atoms with Gasteiger partial charge in [0.2, 0.25) is 5.91 Å². The van der Waals surface area contributed by atoms with Gasteiger partial charge in [0, 0.05) is 51.2 Å². The smallest absolute Gasteiger partial charge is 0.256 e. The zero-order valence-electron chi connectivity index (χ0n) is 16.6. The maximum atomic E-state index is 13.2. The Morgan fingerprint density at radius 1 is 1.14 bits per heavy atom. The van der Waals surface area contributed by atoms with E-state index in [2.05, 4.69) is 15.1 Å². The van der Waals surface area contributed by atoms with Gasteiger partial charge in [-0.05, 0) is 18.9 Å². The molecule has 8 heteroatoms. The van der Waals surface area contributed by atoms with Gasteiger partial charge in [-0.1, -0.05) is 12.1 Å². The predicted molar refractivity (Wildman–Crippen MR) is 108 cm³/mol. The summed E-state index contributed by atoms with van der Waals surface area (Å²) in [6.07, 6.45) is 3.32. The molecule has 154 valence electrons. The van der Waals surface area contributed by atoms with Crippen molar-refractivity contribution in [1.29, 1.82) is 0 Å². The van der Waals surface area contributed by atoms with Crippen LogP contribution >= 0.6 is 0 Å². The number of aromatic amines is 1. The monoisotopic (exact) mass is 397 g/mol. The Bertz CT molecular complexity index is 922. The highest BCUT2D eigenvalue weighted by Crippen LogP contribution is 2.41. The van der Waals surface area contributed by atoms with Crippen LogP contribution in [0.2, 0.25) is 0 Å². The minimum Gasteiger partial charge on any atom is -0.379 e. The first kappa shape index (κ1) is 18.6. The summed E-state index contributed by atoms with van der Waals surface area (Å²) in [7, 11) is 0. The minimum absolute atomic E-state index is 0.0173. The number of fused-ring (bicyclic) bond motifs is 1. The lowest BCUT2D eigenvalue weighted by Crippen LogP contribution is -2.43. The molecule has 1 N–H and O–H groups in total. The molecule has 29 heavy (non-hydrogen) atoms. The summed E-state index contributed by atoms with van der Waals surface area (Å²) in [6.45, 7) is 7.04. The van der Waals surface area contributed by atoms with Crippen molar-refractivity contribution in [2.24, 2.45) is 5.41 Å². The molecule has 3 aliphatic heterocycles. The molecule has 5 rings (SSSR count). The molecule has 0 saturated carbocycles. The van der Waals surface area contributed by atoms with Gasteiger partial charge in [0.25, 0.3) is 5.91 Å². The van der Waals surface area contributed by atoms with E-state index in [4.69, 9.17) is 4.74 Å². The summed E-state index contributed by atoms with van der Waals surface area (Å²) in [6, 6.07) is 5.65. The topological polar surface area (TPSA) is 81.8 Å². The average Bonchev–Trinajstić information content (AvgIpc) is 3.47. The van der Waals surface area contributed by atoms with E-state index in [1.165, 1.54) is 0 Å². The number of aromatic nitrogens is 2. The van der Waals surface area contributed by atoms with Crippen LogP contribution in [0.5, 0.6) is 0 Å². The number of amides is 2.